The lowest BCUT2D eigenvalue weighted by Gasteiger charge is -2.00. The number of carboxylic acids is 1. The van der Waals surface area contributed by atoms with Gasteiger partial charge in [-0.25, -0.2) is 9.78 Å². The van der Waals surface area contributed by atoms with Crippen molar-refractivity contribution in [3.8, 4) is 0 Å². The number of hydrogen-bond acceptors (Lipinski definition) is 3. The van der Waals surface area contributed by atoms with Crippen LogP contribution < -0.4 is 0 Å². The van der Waals surface area contributed by atoms with E-state index in [1.54, 1.807) is 6.07 Å². The molecule has 5 nitrogen and oxygen atoms in total. The van der Waals surface area contributed by atoms with Crippen molar-refractivity contribution >= 4 is 33.6 Å². The summed E-state index contributed by atoms with van der Waals surface area (Å²) in [5, 5.41) is 9.79. The molecule has 0 unspecified atom stereocenters. The number of pyridine rings is 2. The quantitative estimate of drug-likeness (QED) is 0.573. The SMILES string of the molecule is O=C(O)c1cnc2c(ccc3c2nc2ccccn23)c1. The van der Waals surface area contributed by atoms with Gasteiger partial charge in [0.2, 0.25) is 0 Å². The Kier molecular flexibility index (Phi) is 2.06. The van der Waals surface area contributed by atoms with Crippen LogP contribution in [0.15, 0.2) is 48.8 Å². The molecule has 0 spiro atoms. The van der Waals surface area contributed by atoms with E-state index in [0.717, 1.165) is 27.6 Å². The first kappa shape index (κ1) is 10.9. The minimum atomic E-state index is -0.977. The van der Waals surface area contributed by atoms with Crippen LogP contribution in [0.25, 0.3) is 27.6 Å². The molecule has 0 radical (unpaired) electrons. The van der Waals surface area contributed by atoms with Gasteiger partial charge in [-0.1, -0.05) is 12.1 Å². The van der Waals surface area contributed by atoms with Crippen molar-refractivity contribution in [2.24, 2.45) is 0 Å². The average molecular weight is 263 g/mol. The van der Waals surface area contributed by atoms with Crippen LogP contribution in [0.3, 0.4) is 0 Å². The third-order valence-electron chi connectivity index (χ3n) is 3.38. The van der Waals surface area contributed by atoms with Gasteiger partial charge in [0.1, 0.15) is 11.2 Å². The molecule has 0 saturated heterocycles. The fraction of sp³-hybridized carbons (Fsp3) is 0. The van der Waals surface area contributed by atoms with Crippen LogP contribution in [-0.2, 0) is 0 Å². The molecule has 0 saturated carbocycles. The van der Waals surface area contributed by atoms with Gasteiger partial charge in [0.05, 0.1) is 16.6 Å². The number of benzene rings is 1. The van der Waals surface area contributed by atoms with E-state index in [4.69, 9.17) is 5.11 Å². The molecular weight excluding hydrogens is 254 g/mol. The smallest absolute Gasteiger partial charge is 0.337 e. The summed E-state index contributed by atoms with van der Waals surface area (Å²) in [7, 11) is 0. The molecule has 96 valence electrons. The lowest BCUT2D eigenvalue weighted by atomic mass is 10.1. The van der Waals surface area contributed by atoms with Crippen molar-refractivity contribution in [2.45, 2.75) is 0 Å². The summed E-state index contributed by atoms with van der Waals surface area (Å²) in [6.45, 7) is 0. The lowest BCUT2D eigenvalue weighted by Crippen LogP contribution is -1.97. The van der Waals surface area contributed by atoms with Gasteiger partial charge in [0.15, 0.2) is 0 Å². The average Bonchev–Trinajstić information content (AvgIpc) is 2.85. The molecule has 4 aromatic rings. The van der Waals surface area contributed by atoms with Crippen LogP contribution in [0.5, 0.6) is 0 Å². The highest BCUT2D eigenvalue weighted by Crippen LogP contribution is 2.24. The van der Waals surface area contributed by atoms with Crippen molar-refractivity contribution in [3.05, 3.63) is 54.4 Å². The number of imidazole rings is 1. The van der Waals surface area contributed by atoms with E-state index >= 15 is 0 Å². The van der Waals surface area contributed by atoms with Crippen LogP contribution in [0.4, 0.5) is 0 Å². The Morgan fingerprint density at radius 2 is 2.05 bits per heavy atom. The molecule has 0 aliphatic heterocycles. The minimum Gasteiger partial charge on any atom is -0.478 e. The predicted molar refractivity (Wildman–Crippen MR) is 75.0 cm³/mol. The fourth-order valence-electron chi connectivity index (χ4n) is 2.44. The number of aromatic nitrogens is 3. The molecule has 0 bridgehead atoms. The molecule has 3 heterocycles. The van der Waals surface area contributed by atoms with Crippen molar-refractivity contribution in [1.82, 2.24) is 14.4 Å². The van der Waals surface area contributed by atoms with Crippen LogP contribution >= 0.6 is 0 Å². The summed E-state index contributed by atoms with van der Waals surface area (Å²) in [6.07, 6.45) is 3.32. The Bertz CT molecular complexity index is 988. The van der Waals surface area contributed by atoms with Gasteiger partial charge < -0.3 is 5.11 Å². The van der Waals surface area contributed by atoms with Crippen LogP contribution in [0, 0.1) is 0 Å². The maximum atomic E-state index is 11.0. The summed E-state index contributed by atoms with van der Waals surface area (Å²) in [4.78, 5) is 19.8. The first-order chi connectivity index (χ1) is 9.74. The summed E-state index contributed by atoms with van der Waals surface area (Å²) in [5.41, 5.74) is 3.49. The van der Waals surface area contributed by atoms with Crippen LogP contribution in [-0.4, -0.2) is 25.4 Å². The summed E-state index contributed by atoms with van der Waals surface area (Å²) in [5.74, 6) is -0.977. The normalized spacial score (nSPS) is 11.4. The van der Waals surface area contributed by atoms with Crippen molar-refractivity contribution in [2.75, 3.05) is 0 Å². The Hall–Kier alpha value is -2.95. The number of rotatable bonds is 1. The Morgan fingerprint density at radius 1 is 1.15 bits per heavy atom. The third-order valence-corrected chi connectivity index (χ3v) is 3.38. The molecule has 0 amide bonds. The molecule has 0 aliphatic carbocycles. The van der Waals surface area contributed by atoms with E-state index in [0.29, 0.717) is 0 Å². The summed E-state index contributed by atoms with van der Waals surface area (Å²) >= 11 is 0. The number of hydrogen-bond donors (Lipinski definition) is 1. The number of carboxylic acid groups (broad SMARTS) is 1. The predicted octanol–water partition coefficient (Wildman–Crippen LogP) is 2.73. The molecule has 0 atom stereocenters. The second kappa shape index (κ2) is 3.77. The number of carbonyl (C=O) groups is 1. The zero-order valence-corrected chi connectivity index (χ0v) is 10.3. The maximum Gasteiger partial charge on any atom is 0.337 e. The monoisotopic (exact) mass is 263 g/mol. The number of nitrogens with zero attached hydrogens (tertiary/aromatic N) is 3. The van der Waals surface area contributed by atoms with Crippen molar-refractivity contribution < 1.29 is 9.90 Å². The standard InChI is InChI=1S/C15H9N3O2/c19-15(20)10-7-9-4-5-11-14(13(9)16-8-10)17-12-3-1-2-6-18(11)12/h1-8H,(H,19,20). The van der Waals surface area contributed by atoms with E-state index in [2.05, 4.69) is 9.97 Å². The van der Waals surface area contributed by atoms with Gasteiger partial charge in [-0.2, -0.15) is 0 Å². The highest BCUT2D eigenvalue weighted by Gasteiger charge is 2.11. The van der Waals surface area contributed by atoms with E-state index in [-0.39, 0.29) is 5.56 Å². The molecule has 5 heteroatoms. The fourth-order valence-corrected chi connectivity index (χ4v) is 2.44. The molecular formula is C15H9N3O2. The number of fused-ring (bicyclic) bond motifs is 5. The summed E-state index contributed by atoms with van der Waals surface area (Å²) < 4.78 is 1.99. The topological polar surface area (TPSA) is 67.5 Å². The second-order valence-electron chi connectivity index (χ2n) is 4.57. The lowest BCUT2D eigenvalue weighted by molar-refractivity contribution is 0.0696. The van der Waals surface area contributed by atoms with Gasteiger partial charge in [-0.15, -0.1) is 0 Å². The van der Waals surface area contributed by atoms with Crippen LogP contribution in [0.2, 0.25) is 0 Å². The van der Waals surface area contributed by atoms with Gasteiger partial charge in [-0.05, 0) is 24.3 Å². The largest absolute Gasteiger partial charge is 0.478 e. The minimum absolute atomic E-state index is 0.181. The highest BCUT2D eigenvalue weighted by molar-refractivity contribution is 6.04. The zero-order valence-electron chi connectivity index (χ0n) is 10.3. The maximum absolute atomic E-state index is 11.0. The molecule has 4 rings (SSSR count). The van der Waals surface area contributed by atoms with Gasteiger partial charge >= 0.3 is 5.97 Å². The van der Waals surface area contributed by atoms with E-state index in [1.165, 1.54) is 6.20 Å². The Morgan fingerprint density at radius 3 is 2.90 bits per heavy atom. The second-order valence-corrected chi connectivity index (χ2v) is 4.57. The van der Waals surface area contributed by atoms with Crippen LogP contribution in [0.1, 0.15) is 10.4 Å². The van der Waals surface area contributed by atoms with E-state index in [1.807, 2.05) is 40.9 Å². The van der Waals surface area contributed by atoms with Crippen molar-refractivity contribution in [1.29, 1.82) is 0 Å². The van der Waals surface area contributed by atoms with Crippen molar-refractivity contribution in [3.63, 3.8) is 0 Å². The third kappa shape index (κ3) is 1.40. The first-order valence-corrected chi connectivity index (χ1v) is 6.13. The molecule has 1 aromatic carbocycles. The highest BCUT2D eigenvalue weighted by atomic mass is 16.4. The molecule has 1 N–H and O–H groups in total. The van der Waals surface area contributed by atoms with Gasteiger partial charge in [0, 0.05) is 17.8 Å². The van der Waals surface area contributed by atoms with Gasteiger partial charge in [0.25, 0.3) is 0 Å². The van der Waals surface area contributed by atoms with E-state index < -0.39 is 5.97 Å². The van der Waals surface area contributed by atoms with E-state index in [9.17, 15) is 4.79 Å². The summed E-state index contributed by atoms with van der Waals surface area (Å²) in [6, 6.07) is 11.2. The van der Waals surface area contributed by atoms with Gasteiger partial charge in [-0.3, -0.25) is 9.38 Å². The zero-order chi connectivity index (χ0) is 13.7. The molecule has 3 aromatic heterocycles. The Balaban J connectivity index is 2.16. The Labute approximate surface area is 113 Å². The molecule has 0 fully saturated rings. The number of aromatic carboxylic acids is 1. The first-order valence-electron chi connectivity index (χ1n) is 6.13. The molecule has 0 aliphatic rings. The molecule has 20 heavy (non-hydrogen) atoms.